The molecule has 0 heterocycles. The first-order chi connectivity index (χ1) is 8.16. The van der Waals surface area contributed by atoms with Gasteiger partial charge in [-0.05, 0) is 30.2 Å². The van der Waals surface area contributed by atoms with E-state index in [2.05, 4.69) is 6.07 Å². The molecule has 0 aliphatic carbocycles. The molecule has 0 aliphatic rings. The first-order valence-corrected chi connectivity index (χ1v) is 5.43. The lowest BCUT2D eigenvalue weighted by Gasteiger charge is -2.22. The maximum absolute atomic E-state index is 9.51. The molecule has 2 rings (SSSR count). The lowest BCUT2D eigenvalue weighted by atomic mass is 9.77. The molecule has 2 aromatic rings. The Kier molecular flexibility index (Phi) is 2.84. The van der Waals surface area contributed by atoms with Gasteiger partial charge in [-0.1, -0.05) is 42.5 Å². The van der Waals surface area contributed by atoms with Crippen molar-refractivity contribution in [2.45, 2.75) is 12.3 Å². The monoisotopic (exact) mass is 223 g/mol. The summed E-state index contributed by atoms with van der Waals surface area (Å²) in [6.45, 7) is 1.86. The van der Waals surface area contributed by atoms with Crippen LogP contribution >= 0.6 is 0 Å². The molecule has 0 amide bonds. The van der Waals surface area contributed by atoms with Crippen LogP contribution in [0.5, 0.6) is 5.75 Å². The molecule has 0 bridgehead atoms. The lowest BCUT2D eigenvalue weighted by Crippen LogP contribution is -2.20. The highest BCUT2D eigenvalue weighted by atomic mass is 16.3. The Morgan fingerprint density at radius 2 is 1.65 bits per heavy atom. The largest absolute Gasteiger partial charge is 0.508 e. The fraction of sp³-hybridized carbons (Fsp3) is 0.133. The zero-order chi connectivity index (χ0) is 12.3. The highest BCUT2D eigenvalue weighted by Gasteiger charge is 2.28. The van der Waals surface area contributed by atoms with Crippen LogP contribution < -0.4 is 0 Å². The number of benzene rings is 2. The third kappa shape index (κ3) is 2.00. The van der Waals surface area contributed by atoms with Gasteiger partial charge in [-0.2, -0.15) is 5.26 Å². The minimum Gasteiger partial charge on any atom is -0.508 e. The summed E-state index contributed by atoms with van der Waals surface area (Å²) in [6.07, 6.45) is 0. The molecule has 0 radical (unpaired) electrons. The van der Waals surface area contributed by atoms with Gasteiger partial charge in [0.2, 0.25) is 0 Å². The van der Waals surface area contributed by atoms with Crippen LogP contribution in [0.15, 0.2) is 54.6 Å². The van der Waals surface area contributed by atoms with Crippen molar-refractivity contribution in [1.82, 2.24) is 0 Å². The number of phenols is 1. The maximum atomic E-state index is 9.51. The van der Waals surface area contributed by atoms with Crippen LogP contribution in [-0.2, 0) is 5.41 Å². The molecule has 0 saturated carbocycles. The summed E-state index contributed by atoms with van der Waals surface area (Å²) in [7, 11) is 0. The van der Waals surface area contributed by atoms with Gasteiger partial charge >= 0.3 is 0 Å². The van der Waals surface area contributed by atoms with Crippen molar-refractivity contribution in [3.8, 4) is 11.8 Å². The van der Waals surface area contributed by atoms with Crippen molar-refractivity contribution in [3.05, 3.63) is 65.7 Å². The average Bonchev–Trinajstić information content (AvgIpc) is 2.39. The fourth-order valence-corrected chi connectivity index (χ4v) is 1.88. The normalized spacial score (nSPS) is 13.6. The second kappa shape index (κ2) is 4.31. The topological polar surface area (TPSA) is 44.0 Å². The molecule has 0 fully saturated rings. The fourth-order valence-electron chi connectivity index (χ4n) is 1.88. The number of nitriles is 1. The summed E-state index contributed by atoms with van der Waals surface area (Å²) >= 11 is 0. The zero-order valence-electron chi connectivity index (χ0n) is 9.59. The molecule has 1 N–H and O–H groups in total. The number of aromatic hydroxyl groups is 1. The Labute approximate surface area is 101 Å². The number of hydrogen-bond acceptors (Lipinski definition) is 2. The van der Waals surface area contributed by atoms with Gasteiger partial charge in [0.25, 0.3) is 0 Å². The van der Waals surface area contributed by atoms with E-state index in [0.29, 0.717) is 0 Å². The minimum atomic E-state index is -0.736. The highest BCUT2D eigenvalue weighted by Crippen LogP contribution is 2.32. The predicted molar refractivity (Wildman–Crippen MR) is 66.6 cm³/mol. The Morgan fingerprint density at radius 3 is 2.24 bits per heavy atom. The van der Waals surface area contributed by atoms with Crippen molar-refractivity contribution in [3.63, 3.8) is 0 Å². The standard InChI is InChI=1S/C15H13NO/c1-15(11-16,12-6-3-2-4-7-12)13-8-5-9-14(17)10-13/h2-10,17H,1H3/t15-/m0/s1. The number of rotatable bonds is 2. The van der Waals surface area contributed by atoms with Gasteiger partial charge in [-0.3, -0.25) is 0 Å². The summed E-state index contributed by atoms with van der Waals surface area (Å²) in [6, 6.07) is 18.8. The molecular weight excluding hydrogens is 210 g/mol. The Hall–Kier alpha value is -2.27. The summed E-state index contributed by atoms with van der Waals surface area (Å²) in [4.78, 5) is 0. The maximum Gasteiger partial charge on any atom is 0.115 e. The lowest BCUT2D eigenvalue weighted by molar-refractivity contribution is 0.473. The van der Waals surface area contributed by atoms with Crippen molar-refractivity contribution in [2.24, 2.45) is 0 Å². The molecule has 2 aromatic carbocycles. The minimum absolute atomic E-state index is 0.180. The number of phenolic OH excluding ortho intramolecular Hbond substituents is 1. The zero-order valence-corrected chi connectivity index (χ0v) is 9.59. The Bertz CT molecular complexity index is 557. The van der Waals surface area contributed by atoms with E-state index < -0.39 is 5.41 Å². The van der Waals surface area contributed by atoms with Crippen LogP contribution in [-0.4, -0.2) is 5.11 Å². The van der Waals surface area contributed by atoms with E-state index in [-0.39, 0.29) is 5.75 Å². The van der Waals surface area contributed by atoms with E-state index in [1.165, 1.54) is 0 Å². The summed E-state index contributed by atoms with van der Waals surface area (Å²) in [5, 5.41) is 19.0. The van der Waals surface area contributed by atoms with Crippen molar-refractivity contribution in [1.29, 1.82) is 5.26 Å². The Morgan fingerprint density at radius 1 is 1.00 bits per heavy atom. The summed E-state index contributed by atoms with van der Waals surface area (Å²) in [5.74, 6) is 0.180. The molecular formula is C15H13NO. The molecule has 0 saturated heterocycles. The molecule has 84 valence electrons. The van der Waals surface area contributed by atoms with Crippen LogP contribution in [0.25, 0.3) is 0 Å². The second-order valence-electron chi connectivity index (χ2n) is 4.15. The molecule has 2 heteroatoms. The smallest absolute Gasteiger partial charge is 0.115 e. The SMILES string of the molecule is C[C@](C#N)(c1ccccc1)c1cccc(O)c1. The van der Waals surface area contributed by atoms with Gasteiger partial charge in [-0.25, -0.2) is 0 Å². The van der Waals surface area contributed by atoms with Gasteiger partial charge in [0.1, 0.15) is 11.2 Å². The molecule has 1 atom stereocenters. The van der Waals surface area contributed by atoms with E-state index in [1.54, 1.807) is 18.2 Å². The summed E-state index contributed by atoms with van der Waals surface area (Å²) in [5.41, 5.74) is 0.985. The third-order valence-electron chi connectivity index (χ3n) is 3.00. The van der Waals surface area contributed by atoms with E-state index in [0.717, 1.165) is 11.1 Å². The highest BCUT2D eigenvalue weighted by molar-refractivity contribution is 5.46. The predicted octanol–water partition coefficient (Wildman–Crippen LogP) is 3.22. The second-order valence-corrected chi connectivity index (χ2v) is 4.15. The van der Waals surface area contributed by atoms with E-state index in [4.69, 9.17) is 0 Å². The van der Waals surface area contributed by atoms with Crippen molar-refractivity contribution in [2.75, 3.05) is 0 Å². The quantitative estimate of drug-likeness (QED) is 0.849. The molecule has 17 heavy (non-hydrogen) atoms. The van der Waals surface area contributed by atoms with E-state index in [9.17, 15) is 10.4 Å². The Balaban J connectivity index is 2.57. The van der Waals surface area contributed by atoms with Crippen LogP contribution in [0.3, 0.4) is 0 Å². The van der Waals surface area contributed by atoms with Crippen LogP contribution in [0, 0.1) is 11.3 Å². The van der Waals surface area contributed by atoms with Crippen LogP contribution in [0.4, 0.5) is 0 Å². The number of nitrogens with zero attached hydrogens (tertiary/aromatic N) is 1. The third-order valence-corrected chi connectivity index (χ3v) is 3.00. The van der Waals surface area contributed by atoms with E-state index >= 15 is 0 Å². The summed E-state index contributed by atoms with van der Waals surface area (Å²) < 4.78 is 0. The van der Waals surface area contributed by atoms with Crippen LogP contribution in [0.2, 0.25) is 0 Å². The molecule has 0 spiro atoms. The van der Waals surface area contributed by atoms with Gasteiger partial charge in [0.05, 0.1) is 6.07 Å². The van der Waals surface area contributed by atoms with Gasteiger partial charge in [0.15, 0.2) is 0 Å². The first-order valence-electron chi connectivity index (χ1n) is 5.43. The number of hydrogen-bond donors (Lipinski definition) is 1. The van der Waals surface area contributed by atoms with Gasteiger partial charge < -0.3 is 5.11 Å². The molecule has 0 unspecified atom stereocenters. The van der Waals surface area contributed by atoms with Gasteiger partial charge in [-0.15, -0.1) is 0 Å². The van der Waals surface area contributed by atoms with Crippen molar-refractivity contribution < 1.29 is 5.11 Å². The van der Waals surface area contributed by atoms with Crippen molar-refractivity contribution >= 4 is 0 Å². The van der Waals surface area contributed by atoms with E-state index in [1.807, 2.05) is 43.3 Å². The molecule has 0 aliphatic heterocycles. The molecule has 0 aromatic heterocycles. The molecule has 2 nitrogen and oxygen atoms in total. The first kappa shape index (κ1) is 11.2. The van der Waals surface area contributed by atoms with Gasteiger partial charge in [0, 0.05) is 0 Å². The average molecular weight is 223 g/mol. The van der Waals surface area contributed by atoms with Crippen LogP contribution in [0.1, 0.15) is 18.1 Å².